The lowest BCUT2D eigenvalue weighted by atomic mass is 10.2. The van der Waals surface area contributed by atoms with Crippen molar-refractivity contribution in [2.45, 2.75) is 0 Å². The molecule has 0 saturated carbocycles. The fourth-order valence-electron chi connectivity index (χ4n) is 1.33. The lowest BCUT2D eigenvalue weighted by molar-refractivity contribution is 1.30. The molecular weight excluding hydrogens is 302 g/mol. The summed E-state index contributed by atoms with van der Waals surface area (Å²) in [7, 11) is 0. The summed E-state index contributed by atoms with van der Waals surface area (Å²) in [6.45, 7) is 0. The molecule has 0 unspecified atom stereocenters. The predicted molar refractivity (Wildman–Crippen MR) is 71.4 cm³/mol. The van der Waals surface area contributed by atoms with Crippen LogP contribution in [-0.4, -0.2) is 4.98 Å². The van der Waals surface area contributed by atoms with Crippen LogP contribution in [0.5, 0.6) is 0 Å². The second-order valence-corrected chi connectivity index (χ2v) is 4.65. The van der Waals surface area contributed by atoms with E-state index in [9.17, 15) is 0 Å². The summed E-state index contributed by atoms with van der Waals surface area (Å²) in [6, 6.07) is 9.00. The molecule has 0 saturated heterocycles. The van der Waals surface area contributed by atoms with E-state index < -0.39 is 0 Å². The number of anilines is 2. The number of aromatic nitrogens is 1. The second kappa shape index (κ2) is 5.17. The third kappa shape index (κ3) is 2.96. The molecule has 2 aromatic rings. The lowest BCUT2D eigenvalue weighted by Gasteiger charge is -2.08. The Labute approximate surface area is 112 Å². The zero-order chi connectivity index (χ0) is 12.3. The summed E-state index contributed by atoms with van der Waals surface area (Å²) in [5, 5.41) is 12.5. The molecule has 1 N–H and O–H groups in total. The number of benzene rings is 1. The fourth-order valence-corrected chi connectivity index (χ4v) is 1.86. The smallest absolute Gasteiger partial charge is 0.0992 e. The maximum atomic E-state index is 8.82. The van der Waals surface area contributed by atoms with E-state index >= 15 is 0 Å². The molecule has 0 fully saturated rings. The van der Waals surface area contributed by atoms with Crippen molar-refractivity contribution in [3.63, 3.8) is 0 Å². The summed E-state index contributed by atoms with van der Waals surface area (Å²) < 4.78 is 0.870. The molecule has 0 radical (unpaired) electrons. The predicted octanol–water partition coefficient (Wildman–Crippen LogP) is 4.11. The van der Waals surface area contributed by atoms with Crippen molar-refractivity contribution < 1.29 is 0 Å². The SMILES string of the molecule is N#Cc1ccc(Cl)c(Nc2cncc(Br)c2)c1. The van der Waals surface area contributed by atoms with Gasteiger partial charge >= 0.3 is 0 Å². The summed E-state index contributed by atoms with van der Waals surface area (Å²) in [4.78, 5) is 4.04. The van der Waals surface area contributed by atoms with Crippen LogP contribution in [-0.2, 0) is 0 Å². The molecule has 1 aromatic carbocycles. The van der Waals surface area contributed by atoms with E-state index in [2.05, 4.69) is 32.3 Å². The molecular formula is C12H7BrClN3. The van der Waals surface area contributed by atoms with Gasteiger partial charge in [0.1, 0.15) is 0 Å². The van der Waals surface area contributed by atoms with Gasteiger partial charge in [-0.15, -0.1) is 0 Å². The Morgan fingerprint density at radius 3 is 2.82 bits per heavy atom. The van der Waals surface area contributed by atoms with E-state index in [1.54, 1.807) is 30.6 Å². The lowest BCUT2D eigenvalue weighted by Crippen LogP contribution is -1.92. The van der Waals surface area contributed by atoms with Gasteiger partial charge in [-0.05, 0) is 40.2 Å². The Morgan fingerprint density at radius 2 is 2.12 bits per heavy atom. The number of hydrogen-bond donors (Lipinski definition) is 1. The molecule has 0 amide bonds. The van der Waals surface area contributed by atoms with Crippen LogP contribution in [0.2, 0.25) is 5.02 Å². The second-order valence-electron chi connectivity index (χ2n) is 3.32. The van der Waals surface area contributed by atoms with E-state index in [-0.39, 0.29) is 0 Å². The van der Waals surface area contributed by atoms with Gasteiger partial charge in [-0.25, -0.2) is 0 Å². The molecule has 0 spiro atoms. The average molecular weight is 309 g/mol. The van der Waals surface area contributed by atoms with Gasteiger partial charge in [-0.3, -0.25) is 4.98 Å². The Bertz CT molecular complexity index is 593. The molecule has 0 aliphatic heterocycles. The van der Waals surface area contributed by atoms with E-state index in [4.69, 9.17) is 16.9 Å². The van der Waals surface area contributed by atoms with Gasteiger partial charge in [-0.2, -0.15) is 5.26 Å². The van der Waals surface area contributed by atoms with Crippen molar-refractivity contribution in [3.8, 4) is 6.07 Å². The largest absolute Gasteiger partial charge is 0.353 e. The minimum absolute atomic E-state index is 0.555. The van der Waals surface area contributed by atoms with E-state index in [0.29, 0.717) is 16.3 Å². The minimum Gasteiger partial charge on any atom is -0.353 e. The minimum atomic E-state index is 0.555. The Balaban J connectivity index is 2.33. The molecule has 17 heavy (non-hydrogen) atoms. The highest BCUT2D eigenvalue weighted by molar-refractivity contribution is 9.10. The number of rotatable bonds is 2. The summed E-state index contributed by atoms with van der Waals surface area (Å²) in [6.07, 6.45) is 3.37. The summed E-state index contributed by atoms with van der Waals surface area (Å²) >= 11 is 9.37. The van der Waals surface area contributed by atoms with Gasteiger partial charge < -0.3 is 5.32 Å². The molecule has 3 nitrogen and oxygen atoms in total. The van der Waals surface area contributed by atoms with Gasteiger partial charge in [0.15, 0.2) is 0 Å². The maximum Gasteiger partial charge on any atom is 0.0992 e. The Hall–Kier alpha value is -1.57. The van der Waals surface area contributed by atoms with Crippen LogP contribution in [0.3, 0.4) is 0 Å². The zero-order valence-electron chi connectivity index (χ0n) is 8.61. The fraction of sp³-hybridized carbons (Fsp3) is 0. The highest BCUT2D eigenvalue weighted by Gasteiger charge is 2.03. The zero-order valence-corrected chi connectivity index (χ0v) is 11.0. The van der Waals surface area contributed by atoms with Crippen LogP contribution in [0.4, 0.5) is 11.4 Å². The van der Waals surface area contributed by atoms with Crippen molar-refractivity contribution in [1.29, 1.82) is 5.26 Å². The van der Waals surface area contributed by atoms with Crippen LogP contribution in [0.1, 0.15) is 5.56 Å². The van der Waals surface area contributed by atoms with Crippen LogP contribution >= 0.6 is 27.5 Å². The van der Waals surface area contributed by atoms with Gasteiger partial charge in [0.25, 0.3) is 0 Å². The first-order valence-corrected chi connectivity index (χ1v) is 5.93. The van der Waals surface area contributed by atoms with Gasteiger partial charge in [-0.1, -0.05) is 11.6 Å². The van der Waals surface area contributed by atoms with Gasteiger partial charge in [0.2, 0.25) is 0 Å². The molecule has 0 atom stereocenters. The Morgan fingerprint density at radius 1 is 1.29 bits per heavy atom. The molecule has 1 heterocycles. The van der Waals surface area contributed by atoms with E-state index in [1.165, 1.54) is 0 Å². The van der Waals surface area contributed by atoms with Crippen molar-refractivity contribution in [2.75, 3.05) is 5.32 Å². The highest BCUT2D eigenvalue weighted by atomic mass is 79.9. The number of nitrogens with one attached hydrogen (secondary N) is 1. The average Bonchev–Trinajstić information content (AvgIpc) is 2.32. The van der Waals surface area contributed by atoms with Gasteiger partial charge in [0, 0.05) is 10.7 Å². The first-order chi connectivity index (χ1) is 8.19. The summed E-state index contributed by atoms with van der Waals surface area (Å²) in [5.74, 6) is 0. The number of hydrogen-bond acceptors (Lipinski definition) is 3. The first kappa shape index (κ1) is 11.9. The molecule has 5 heteroatoms. The molecule has 2 rings (SSSR count). The highest BCUT2D eigenvalue weighted by Crippen LogP contribution is 2.27. The molecule has 0 aliphatic rings. The van der Waals surface area contributed by atoms with Crippen LogP contribution in [0, 0.1) is 11.3 Å². The maximum absolute atomic E-state index is 8.82. The van der Waals surface area contributed by atoms with Crippen LogP contribution in [0.25, 0.3) is 0 Å². The van der Waals surface area contributed by atoms with Crippen LogP contribution < -0.4 is 5.32 Å². The molecule has 84 valence electrons. The third-order valence-electron chi connectivity index (χ3n) is 2.08. The number of pyridine rings is 1. The Kier molecular flexibility index (Phi) is 3.62. The third-order valence-corrected chi connectivity index (χ3v) is 2.84. The topological polar surface area (TPSA) is 48.7 Å². The monoisotopic (exact) mass is 307 g/mol. The van der Waals surface area contributed by atoms with E-state index in [1.807, 2.05) is 6.07 Å². The number of nitrogens with zero attached hydrogens (tertiary/aromatic N) is 2. The molecule has 1 aromatic heterocycles. The number of halogens is 2. The van der Waals surface area contributed by atoms with Crippen molar-refractivity contribution in [1.82, 2.24) is 4.98 Å². The normalized spacial score (nSPS) is 9.71. The first-order valence-electron chi connectivity index (χ1n) is 4.76. The van der Waals surface area contributed by atoms with Crippen molar-refractivity contribution in [3.05, 3.63) is 51.7 Å². The van der Waals surface area contributed by atoms with E-state index in [0.717, 1.165) is 10.2 Å². The van der Waals surface area contributed by atoms with Gasteiger partial charge in [0.05, 0.1) is 34.2 Å². The molecule has 0 aliphatic carbocycles. The van der Waals surface area contributed by atoms with Crippen LogP contribution in [0.15, 0.2) is 41.1 Å². The number of nitriles is 1. The van der Waals surface area contributed by atoms with Crippen molar-refractivity contribution in [2.24, 2.45) is 0 Å². The van der Waals surface area contributed by atoms with Crippen molar-refractivity contribution >= 4 is 38.9 Å². The quantitative estimate of drug-likeness (QED) is 0.908. The standard InChI is InChI=1S/C12H7BrClN3/c13-9-4-10(7-16-6-9)17-12-3-8(5-15)1-2-11(12)14/h1-4,6-7,17H. The molecule has 0 bridgehead atoms. The summed E-state index contributed by atoms with van der Waals surface area (Å²) in [5.41, 5.74) is 2.04.